The van der Waals surface area contributed by atoms with Gasteiger partial charge in [-0.2, -0.15) is 0 Å². The number of rotatable bonds is 7. The Morgan fingerprint density at radius 2 is 1.73 bits per heavy atom. The summed E-state index contributed by atoms with van der Waals surface area (Å²) in [7, 11) is 0. The number of nitrogens with zero attached hydrogens (tertiary/aromatic N) is 4. The smallest absolute Gasteiger partial charge is 0.413 e. The van der Waals surface area contributed by atoms with E-state index in [4.69, 9.17) is 31.0 Å². The summed E-state index contributed by atoms with van der Waals surface area (Å²) in [5.74, 6) is 0.0827. The maximum absolute atomic E-state index is 13.5. The SMILES string of the molecule is CCOC(=O)c1nc(-c2cc(NC(=O)OC(C)(C)C)nc(C)c2Cl)c(C)nc1N1CCC2(CC1)Cc1ccccc1[C@H]2N[S+]([O-])C(C)(C)C. The summed E-state index contributed by atoms with van der Waals surface area (Å²) in [5, 5.41) is 2.99. The van der Waals surface area contributed by atoms with Crippen molar-refractivity contribution in [1.29, 1.82) is 0 Å². The molecule has 2 aliphatic rings. The average Bonchev–Trinajstić information content (AvgIpc) is 3.30. The highest BCUT2D eigenvalue weighted by Gasteiger charge is 2.50. The Hall–Kier alpha value is -3.45. The summed E-state index contributed by atoms with van der Waals surface area (Å²) in [6, 6.07) is 9.94. The molecule has 1 unspecified atom stereocenters. The zero-order chi connectivity index (χ0) is 35.9. The largest absolute Gasteiger partial charge is 0.598 e. The van der Waals surface area contributed by atoms with Crippen molar-refractivity contribution >= 4 is 46.7 Å². The molecule has 1 saturated heterocycles. The number of aromatic nitrogens is 3. The molecule has 0 radical (unpaired) electrons. The van der Waals surface area contributed by atoms with E-state index in [1.807, 2.05) is 33.8 Å². The molecule has 2 aromatic heterocycles. The molecule has 3 aromatic rings. The first-order valence-corrected chi connectivity index (χ1v) is 18.2. The number of pyridine rings is 1. The van der Waals surface area contributed by atoms with Crippen LogP contribution < -0.4 is 14.9 Å². The second kappa shape index (κ2) is 14.0. The van der Waals surface area contributed by atoms with Crippen LogP contribution in [0.15, 0.2) is 30.3 Å². The lowest BCUT2D eigenvalue weighted by Crippen LogP contribution is -2.50. The summed E-state index contributed by atoms with van der Waals surface area (Å²) in [4.78, 5) is 42.3. The number of esters is 1. The number of halogens is 1. The lowest BCUT2D eigenvalue weighted by atomic mass is 9.73. The van der Waals surface area contributed by atoms with Crippen LogP contribution >= 0.6 is 11.6 Å². The van der Waals surface area contributed by atoms with Crippen LogP contribution in [-0.2, 0) is 27.3 Å². The van der Waals surface area contributed by atoms with Crippen LogP contribution in [0.5, 0.6) is 0 Å². The van der Waals surface area contributed by atoms with Gasteiger partial charge in [0.05, 0.1) is 34.8 Å². The molecule has 1 amide bonds. The van der Waals surface area contributed by atoms with Gasteiger partial charge in [-0.25, -0.2) is 24.5 Å². The molecule has 3 heterocycles. The molecule has 1 aliphatic heterocycles. The van der Waals surface area contributed by atoms with Crippen molar-refractivity contribution in [2.45, 2.75) is 98.0 Å². The number of hydrogen-bond donors (Lipinski definition) is 2. The van der Waals surface area contributed by atoms with Crippen molar-refractivity contribution in [2.75, 3.05) is 29.9 Å². The summed E-state index contributed by atoms with van der Waals surface area (Å²) in [5.41, 5.74) is 3.57. The van der Waals surface area contributed by atoms with Gasteiger partial charge in [0.2, 0.25) is 0 Å². The Bertz CT molecular complexity index is 1730. The van der Waals surface area contributed by atoms with Gasteiger partial charge in [0.1, 0.15) is 16.2 Å². The van der Waals surface area contributed by atoms with Gasteiger partial charge in [-0.05, 0) is 98.8 Å². The van der Waals surface area contributed by atoms with Crippen LogP contribution in [0.25, 0.3) is 11.3 Å². The van der Waals surface area contributed by atoms with E-state index in [0.29, 0.717) is 46.6 Å². The third-order valence-corrected chi connectivity index (χ3v) is 10.9. The van der Waals surface area contributed by atoms with Gasteiger partial charge in [-0.1, -0.05) is 35.9 Å². The van der Waals surface area contributed by atoms with E-state index in [0.717, 1.165) is 19.3 Å². The van der Waals surface area contributed by atoms with Crippen LogP contribution in [0.1, 0.15) is 100 Å². The molecule has 264 valence electrons. The summed E-state index contributed by atoms with van der Waals surface area (Å²) >= 11 is 5.50. The lowest BCUT2D eigenvalue weighted by Gasteiger charge is -2.44. The fourth-order valence-corrected chi connectivity index (χ4v) is 7.64. The number of benzene rings is 1. The molecular weight excluding hydrogens is 664 g/mol. The molecule has 2 atom stereocenters. The molecular formula is C36H47ClN6O5S. The van der Waals surface area contributed by atoms with Crippen molar-refractivity contribution in [3.05, 3.63) is 63.6 Å². The Morgan fingerprint density at radius 3 is 2.37 bits per heavy atom. The van der Waals surface area contributed by atoms with E-state index < -0.39 is 33.8 Å². The predicted molar refractivity (Wildman–Crippen MR) is 193 cm³/mol. The molecule has 13 heteroatoms. The lowest BCUT2D eigenvalue weighted by molar-refractivity contribution is 0.0518. The Labute approximate surface area is 297 Å². The van der Waals surface area contributed by atoms with Gasteiger partial charge in [0.15, 0.2) is 11.5 Å². The number of hydrogen-bond acceptors (Lipinski definition) is 10. The minimum atomic E-state index is -1.25. The van der Waals surface area contributed by atoms with Crippen LogP contribution in [0, 0.1) is 19.3 Å². The van der Waals surface area contributed by atoms with E-state index in [2.05, 4.69) is 38.1 Å². The summed E-state index contributed by atoms with van der Waals surface area (Å²) < 4.78 is 27.3. The van der Waals surface area contributed by atoms with Crippen LogP contribution in [0.4, 0.5) is 16.4 Å². The summed E-state index contributed by atoms with van der Waals surface area (Å²) in [6.07, 6.45) is 1.80. The number of piperidine rings is 1. The van der Waals surface area contributed by atoms with Crippen LogP contribution in [0.2, 0.25) is 5.02 Å². The van der Waals surface area contributed by atoms with Crippen LogP contribution in [-0.4, -0.2) is 61.6 Å². The van der Waals surface area contributed by atoms with Gasteiger partial charge in [-0.15, -0.1) is 4.72 Å². The number of carbonyl (C=O) groups is 2. The highest BCUT2D eigenvalue weighted by atomic mass is 35.5. The van der Waals surface area contributed by atoms with Crippen molar-refractivity contribution in [3.63, 3.8) is 0 Å². The van der Waals surface area contributed by atoms with E-state index in [1.165, 1.54) is 11.1 Å². The molecule has 11 nitrogen and oxygen atoms in total. The number of aryl methyl sites for hydroxylation is 2. The first kappa shape index (κ1) is 36.8. The maximum atomic E-state index is 13.5. The van der Waals surface area contributed by atoms with Crippen molar-refractivity contribution in [1.82, 2.24) is 19.7 Å². The quantitative estimate of drug-likeness (QED) is 0.190. The van der Waals surface area contributed by atoms with Gasteiger partial charge in [0, 0.05) is 35.4 Å². The van der Waals surface area contributed by atoms with E-state index in [9.17, 15) is 14.1 Å². The number of nitrogens with one attached hydrogen (secondary N) is 2. The number of anilines is 2. The van der Waals surface area contributed by atoms with E-state index >= 15 is 0 Å². The first-order chi connectivity index (χ1) is 22.9. The zero-order valence-electron chi connectivity index (χ0n) is 29.8. The zero-order valence-corrected chi connectivity index (χ0v) is 31.4. The van der Waals surface area contributed by atoms with Gasteiger partial charge in [0.25, 0.3) is 0 Å². The minimum absolute atomic E-state index is 0.0637. The second-order valence-electron chi connectivity index (χ2n) is 14.8. The second-order valence-corrected chi connectivity index (χ2v) is 17.2. The van der Waals surface area contributed by atoms with Gasteiger partial charge >= 0.3 is 12.1 Å². The fraction of sp³-hybridized carbons (Fsp3) is 0.528. The predicted octanol–water partition coefficient (Wildman–Crippen LogP) is 7.27. The summed E-state index contributed by atoms with van der Waals surface area (Å²) in [6.45, 7) is 17.9. The number of fused-ring (bicyclic) bond motifs is 1. The molecule has 5 rings (SSSR count). The average molecular weight is 711 g/mol. The molecule has 1 aliphatic carbocycles. The minimum Gasteiger partial charge on any atom is -0.598 e. The van der Waals surface area contributed by atoms with E-state index in [1.54, 1.807) is 40.7 Å². The molecule has 0 bridgehead atoms. The molecule has 0 saturated carbocycles. The molecule has 1 aromatic carbocycles. The van der Waals surface area contributed by atoms with Crippen molar-refractivity contribution in [2.24, 2.45) is 5.41 Å². The van der Waals surface area contributed by atoms with Crippen molar-refractivity contribution in [3.8, 4) is 11.3 Å². The third-order valence-electron chi connectivity index (χ3n) is 8.89. The Morgan fingerprint density at radius 1 is 1.06 bits per heavy atom. The molecule has 1 fully saturated rings. The highest BCUT2D eigenvalue weighted by molar-refractivity contribution is 7.90. The fourth-order valence-electron chi connectivity index (χ4n) is 6.51. The number of ether oxygens (including phenoxy) is 2. The highest BCUT2D eigenvalue weighted by Crippen LogP contribution is 2.53. The van der Waals surface area contributed by atoms with Crippen molar-refractivity contribution < 1.29 is 23.6 Å². The standard InChI is InChI=1S/C36H47ClN6O5S/c1-10-47-32(44)29-31(39-22(3)28(41-29)25-19-26(38-21(2)27(25)37)40-33(45)48-34(4,5)6)43-17-15-36(16-18-43)20-23-13-11-12-14-24(23)30(36)42-49(46)35(7,8)9/h11-14,19,30,42H,10,15-18,20H2,1-9H3,(H,38,40,45)/t30-,49?/m1/s1. The maximum Gasteiger partial charge on any atom is 0.413 e. The Balaban J connectivity index is 1.47. The molecule has 49 heavy (non-hydrogen) atoms. The monoisotopic (exact) mass is 710 g/mol. The number of carbonyl (C=O) groups excluding carboxylic acids is 2. The molecule has 1 spiro atoms. The Kier molecular flexibility index (Phi) is 10.6. The van der Waals surface area contributed by atoms with Gasteiger partial charge in [-0.3, -0.25) is 5.32 Å². The normalized spacial score (nSPS) is 17.9. The number of amides is 1. The first-order valence-electron chi connectivity index (χ1n) is 16.7. The third kappa shape index (κ3) is 7.98. The topological polar surface area (TPSA) is 142 Å². The van der Waals surface area contributed by atoms with E-state index in [-0.39, 0.29) is 29.6 Å². The van der Waals surface area contributed by atoms with Crippen LogP contribution in [0.3, 0.4) is 0 Å². The van der Waals surface area contributed by atoms with Gasteiger partial charge < -0.3 is 18.9 Å². The molecule has 2 N–H and O–H groups in total.